The van der Waals surface area contributed by atoms with Crippen molar-refractivity contribution in [3.05, 3.63) is 29.6 Å². The molecule has 1 aromatic heterocycles. The molecule has 112 valence electrons. The van der Waals surface area contributed by atoms with Gasteiger partial charge < -0.3 is 9.67 Å². The van der Waals surface area contributed by atoms with Gasteiger partial charge in [0.25, 0.3) is 0 Å². The first-order valence-corrected chi connectivity index (χ1v) is 7.53. The highest BCUT2D eigenvalue weighted by atomic mass is 16.4. The molecule has 0 saturated heterocycles. The minimum atomic E-state index is -0.902. The highest BCUT2D eigenvalue weighted by molar-refractivity contribution is 5.92. The molecule has 0 radical (unpaired) electrons. The molecule has 1 aliphatic carbocycles. The van der Waals surface area contributed by atoms with Crippen LogP contribution in [0.5, 0.6) is 0 Å². The molecule has 2 aromatic rings. The fraction of sp³-hybridized carbons (Fsp3) is 0.529. The summed E-state index contributed by atoms with van der Waals surface area (Å²) < 4.78 is 2.33. The predicted octanol–water partition coefficient (Wildman–Crippen LogP) is 4.00. The van der Waals surface area contributed by atoms with Gasteiger partial charge in [0.2, 0.25) is 0 Å². The van der Waals surface area contributed by atoms with Gasteiger partial charge in [-0.05, 0) is 37.0 Å². The van der Waals surface area contributed by atoms with Crippen molar-refractivity contribution in [2.75, 3.05) is 0 Å². The molecule has 21 heavy (non-hydrogen) atoms. The van der Waals surface area contributed by atoms with Crippen LogP contribution in [-0.4, -0.2) is 20.6 Å². The lowest BCUT2D eigenvalue weighted by Crippen LogP contribution is -2.29. The van der Waals surface area contributed by atoms with Crippen molar-refractivity contribution in [3.8, 4) is 0 Å². The second kappa shape index (κ2) is 4.58. The van der Waals surface area contributed by atoms with Gasteiger partial charge in [-0.15, -0.1) is 0 Å². The normalized spacial score (nSPS) is 22.3. The molecule has 0 spiro atoms. The summed E-state index contributed by atoms with van der Waals surface area (Å²) in [5.74, 6) is 0.913. The molecule has 4 nitrogen and oxygen atoms in total. The standard InChI is InChI=1S/C17H22N2O2/c1-10-7-12(8-10)19-14-6-5-11(15(20)21)9-13(14)18-16(19)17(2,3)4/h5-6,9-10,12H,7-8H2,1-4H3,(H,20,21). The minimum Gasteiger partial charge on any atom is -0.478 e. The first kappa shape index (κ1) is 14.1. The number of aromatic carboxylic acids is 1. The largest absolute Gasteiger partial charge is 0.478 e. The summed E-state index contributed by atoms with van der Waals surface area (Å²) in [5, 5.41) is 9.15. The van der Waals surface area contributed by atoms with E-state index < -0.39 is 5.97 Å². The molecule has 0 aliphatic heterocycles. The summed E-state index contributed by atoms with van der Waals surface area (Å²) in [7, 11) is 0. The number of carboxylic acid groups (broad SMARTS) is 1. The Kier molecular flexibility index (Phi) is 3.08. The highest BCUT2D eigenvalue weighted by Gasteiger charge is 2.33. The summed E-state index contributed by atoms with van der Waals surface area (Å²) in [6.07, 6.45) is 2.35. The Morgan fingerprint density at radius 2 is 2.00 bits per heavy atom. The average Bonchev–Trinajstić information content (AvgIpc) is 2.72. The topological polar surface area (TPSA) is 55.1 Å². The maximum absolute atomic E-state index is 11.1. The van der Waals surface area contributed by atoms with E-state index in [1.807, 2.05) is 6.07 Å². The van der Waals surface area contributed by atoms with Gasteiger partial charge in [0.15, 0.2) is 0 Å². The lowest BCUT2D eigenvalue weighted by Gasteiger charge is -2.37. The van der Waals surface area contributed by atoms with Gasteiger partial charge in [-0.1, -0.05) is 27.7 Å². The first-order valence-electron chi connectivity index (χ1n) is 7.53. The predicted molar refractivity (Wildman–Crippen MR) is 82.8 cm³/mol. The van der Waals surface area contributed by atoms with E-state index >= 15 is 0 Å². The molecule has 0 bridgehead atoms. The number of benzene rings is 1. The van der Waals surface area contributed by atoms with E-state index in [4.69, 9.17) is 10.1 Å². The van der Waals surface area contributed by atoms with Crippen LogP contribution in [0.3, 0.4) is 0 Å². The van der Waals surface area contributed by atoms with Crippen LogP contribution >= 0.6 is 0 Å². The number of carbonyl (C=O) groups is 1. The summed E-state index contributed by atoms with van der Waals surface area (Å²) in [4.78, 5) is 15.9. The zero-order valence-electron chi connectivity index (χ0n) is 13.1. The second-order valence-electron chi connectivity index (χ2n) is 7.29. The van der Waals surface area contributed by atoms with Crippen molar-refractivity contribution in [2.45, 2.75) is 52.0 Å². The maximum Gasteiger partial charge on any atom is 0.335 e. The molecule has 0 amide bonds. The van der Waals surface area contributed by atoms with Crippen molar-refractivity contribution in [1.29, 1.82) is 0 Å². The summed E-state index contributed by atoms with van der Waals surface area (Å²) in [6.45, 7) is 8.75. The Labute approximate surface area is 124 Å². The summed E-state index contributed by atoms with van der Waals surface area (Å²) in [6, 6.07) is 5.77. The van der Waals surface area contributed by atoms with Crippen LogP contribution in [-0.2, 0) is 5.41 Å². The Hall–Kier alpha value is -1.84. The quantitative estimate of drug-likeness (QED) is 0.907. The van der Waals surface area contributed by atoms with Crippen LogP contribution in [0.1, 0.15) is 62.8 Å². The van der Waals surface area contributed by atoms with Crippen molar-refractivity contribution < 1.29 is 9.90 Å². The van der Waals surface area contributed by atoms with Gasteiger partial charge in [0.1, 0.15) is 5.82 Å². The van der Waals surface area contributed by atoms with Gasteiger partial charge in [0, 0.05) is 11.5 Å². The Balaban J connectivity index is 2.19. The van der Waals surface area contributed by atoms with E-state index in [1.165, 1.54) is 12.8 Å². The molecule has 0 unspecified atom stereocenters. The van der Waals surface area contributed by atoms with Gasteiger partial charge in [-0.25, -0.2) is 9.78 Å². The maximum atomic E-state index is 11.1. The van der Waals surface area contributed by atoms with Crippen molar-refractivity contribution in [1.82, 2.24) is 9.55 Å². The number of fused-ring (bicyclic) bond motifs is 1. The third kappa shape index (κ3) is 2.33. The Morgan fingerprint density at radius 1 is 1.33 bits per heavy atom. The number of aromatic nitrogens is 2. The monoisotopic (exact) mass is 286 g/mol. The third-order valence-corrected chi connectivity index (χ3v) is 4.32. The molecule has 1 aliphatic rings. The van der Waals surface area contributed by atoms with Crippen LogP contribution in [0.4, 0.5) is 0 Å². The van der Waals surface area contributed by atoms with Crippen LogP contribution in [0.15, 0.2) is 18.2 Å². The fourth-order valence-corrected chi connectivity index (χ4v) is 3.20. The van der Waals surface area contributed by atoms with E-state index in [1.54, 1.807) is 12.1 Å². The van der Waals surface area contributed by atoms with Crippen LogP contribution in [0, 0.1) is 5.92 Å². The number of nitrogens with zero attached hydrogens (tertiary/aromatic N) is 2. The highest BCUT2D eigenvalue weighted by Crippen LogP contribution is 2.42. The van der Waals surface area contributed by atoms with Gasteiger partial charge in [-0.3, -0.25) is 0 Å². The van der Waals surface area contributed by atoms with Crippen LogP contribution in [0.2, 0.25) is 0 Å². The second-order valence-corrected chi connectivity index (χ2v) is 7.29. The molecule has 3 rings (SSSR count). The summed E-state index contributed by atoms with van der Waals surface area (Å²) in [5.41, 5.74) is 2.09. The molecular weight excluding hydrogens is 264 g/mol. The van der Waals surface area contributed by atoms with E-state index in [9.17, 15) is 4.79 Å². The fourth-order valence-electron chi connectivity index (χ4n) is 3.20. The molecule has 0 atom stereocenters. The zero-order chi connectivity index (χ0) is 15.4. The van der Waals surface area contributed by atoms with Crippen molar-refractivity contribution in [3.63, 3.8) is 0 Å². The van der Waals surface area contributed by atoms with Crippen LogP contribution in [0.25, 0.3) is 11.0 Å². The van der Waals surface area contributed by atoms with Crippen molar-refractivity contribution >= 4 is 17.0 Å². The average molecular weight is 286 g/mol. The molecule has 1 aromatic carbocycles. The lowest BCUT2D eigenvalue weighted by molar-refractivity contribution is 0.0697. The lowest BCUT2D eigenvalue weighted by atomic mass is 9.81. The van der Waals surface area contributed by atoms with Gasteiger partial charge in [-0.2, -0.15) is 0 Å². The molecule has 4 heteroatoms. The van der Waals surface area contributed by atoms with E-state index in [2.05, 4.69) is 32.3 Å². The molecule has 1 N–H and O–H groups in total. The van der Waals surface area contributed by atoms with Crippen molar-refractivity contribution in [2.24, 2.45) is 5.92 Å². The van der Waals surface area contributed by atoms with E-state index in [-0.39, 0.29) is 5.41 Å². The Bertz CT molecular complexity index is 703. The third-order valence-electron chi connectivity index (χ3n) is 4.32. The zero-order valence-corrected chi connectivity index (χ0v) is 13.1. The van der Waals surface area contributed by atoms with Gasteiger partial charge in [0.05, 0.1) is 16.6 Å². The number of rotatable bonds is 2. The number of imidazole rings is 1. The molecular formula is C17H22N2O2. The van der Waals surface area contributed by atoms with Crippen LogP contribution < -0.4 is 0 Å². The molecule has 1 saturated carbocycles. The van der Waals surface area contributed by atoms with Gasteiger partial charge >= 0.3 is 5.97 Å². The molecule has 1 heterocycles. The number of hydrogen-bond donors (Lipinski definition) is 1. The summed E-state index contributed by atoms with van der Waals surface area (Å²) >= 11 is 0. The molecule has 1 fully saturated rings. The number of carboxylic acids is 1. The smallest absolute Gasteiger partial charge is 0.335 e. The van der Waals surface area contributed by atoms with E-state index in [0.29, 0.717) is 11.6 Å². The SMILES string of the molecule is CC1CC(n2c(C(C)(C)C)nc3cc(C(=O)O)ccc32)C1. The van der Waals surface area contributed by atoms with E-state index in [0.717, 1.165) is 22.8 Å². The Morgan fingerprint density at radius 3 is 2.52 bits per heavy atom. The number of hydrogen-bond acceptors (Lipinski definition) is 2. The first-order chi connectivity index (χ1) is 9.77. The minimum absolute atomic E-state index is 0.0543.